The molecule has 0 aromatic heterocycles. The molecule has 1 aromatic rings. The van der Waals surface area contributed by atoms with Crippen molar-refractivity contribution in [3.05, 3.63) is 28.8 Å². The van der Waals surface area contributed by atoms with Crippen molar-refractivity contribution in [1.82, 2.24) is 0 Å². The molecule has 0 aliphatic carbocycles. The third-order valence-electron chi connectivity index (χ3n) is 2.52. The van der Waals surface area contributed by atoms with Crippen LogP contribution in [0.3, 0.4) is 0 Å². The molecule has 0 heterocycles. The maximum atomic E-state index is 9.28. The predicted molar refractivity (Wildman–Crippen MR) is 67.0 cm³/mol. The molecule has 1 aromatic carbocycles. The third kappa shape index (κ3) is 3.11. The number of hydrogen-bond acceptors (Lipinski definition) is 3. The van der Waals surface area contributed by atoms with Crippen molar-refractivity contribution in [3.8, 4) is 0 Å². The minimum Gasteiger partial charge on any atom is -0.396 e. The molecule has 0 spiro atoms. The largest absolute Gasteiger partial charge is 0.396 e. The molecular formula is C12H18ClNO2. The molecule has 0 atom stereocenters. The van der Waals surface area contributed by atoms with Crippen LogP contribution < -0.4 is 4.90 Å². The molecule has 2 N–H and O–H groups in total. The molecule has 3 nitrogen and oxygen atoms in total. The van der Waals surface area contributed by atoms with Crippen LogP contribution in [0.5, 0.6) is 0 Å². The first-order chi connectivity index (χ1) is 7.74. The lowest BCUT2D eigenvalue weighted by Gasteiger charge is -2.26. The van der Waals surface area contributed by atoms with Gasteiger partial charge >= 0.3 is 0 Å². The highest BCUT2D eigenvalue weighted by Crippen LogP contribution is 2.30. The lowest BCUT2D eigenvalue weighted by atomic mass is 10.1. The zero-order valence-electron chi connectivity index (χ0n) is 9.49. The summed E-state index contributed by atoms with van der Waals surface area (Å²) in [7, 11) is 0. The average molecular weight is 244 g/mol. The second-order valence-electron chi connectivity index (χ2n) is 3.56. The van der Waals surface area contributed by atoms with E-state index in [-0.39, 0.29) is 13.2 Å². The summed E-state index contributed by atoms with van der Waals surface area (Å²) in [6.45, 7) is 3.71. The van der Waals surface area contributed by atoms with Gasteiger partial charge in [0.25, 0.3) is 0 Å². The summed E-state index contributed by atoms with van der Waals surface area (Å²) >= 11 is 6.15. The number of nitrogens with zero attached hydrogens (tertiary/aromatic N) is 1. The van der Waals surface area contributed by atoms with E-state index in [0.717, 1.165) is 24.3 Å². The van der Waals surface area contributed by atoms with Crippen molar-refractivity contribution in [3.63, 3.8) is 0 Å². The number of benzene rings is 1. The number of anilines is 1. The minimum atomic E-state index is -0.0223. The van der Waals surface area contributed by atoms with Gasteiger partial charge in [-0.3, -0.25) is 0 Å². The van der Waals surface area contributed by atoms with Crippen LogP contribution in [0.25, 0.3) is 0 Å². The number of hydrogen-bond donors (Lipinski definition) is 2. The monoisotopic (exact) mass is 243 g/mol. The molecule has 0 aliphatic rings. The van der Waals surface area contributed by atoms with E-state index in [9.17, 15) is 5.11 Å². The highest BCUT2D eigenvalue weighted by molar-refractivity contribution is 6.33. The van der Waals surface area contributed by atoms with E-state index in [1.807, 2.05) is 25.1 Å². The van der Waals surface area contributed by atoms with E-state index in [1.54, 1.807) is 0 Å². The first-order valence-corrected chi connectivity index (χ1v) is 5.86. The maximum absolute atomic E-state index is 9.28. The minimum absolute atomic E-state index is 0.0223. The van der Waals surface area contributed by atoms with Gasteiger partial charge in [-0.05, 0) is 19.4 Å². The molecule has 0 saturated heterocycles. The molecule has 0 radical (unpaired) electrons. The standard InChI is InChI=1S/C12H18ClNO2/c1-2-14(7-4-8-15)12-10(9-16)5-3-6-11(12)13/h3,5-6,15-16H,2,4,7-9H2,1H3. The van der Waals surface area contributed by atoms with Gasteiger partial charge in [-0.2, -0.15) is 0 Å². The lowest BCUT2D eigenvalue weighted by Crippen LogP contribution is -2.26. The summed E-state index contributed by atoms with van der Waals surface area (Å²) < 4.78 is 0. The van der Waals surface area contributed by atoms with E-state index in [2.05, 4.69) is 4.90 Å². The molecule has 1 rings (SSSR count). The Morgan fingerprint density at radius 2 is 2.06 bits per heavy atom. The van der Waals surface area contributed by atoms with Gasteiger partial charge < -0.3 is 15.1 Å². The van der Waals surface area contributed by atoms with Crippen LogP contribution in [0.15, 0.2) is 18.2 Å². The van der Waals surface area contributed by atoms with Crippen LogP contribution in [0.1, 0.15) is 18.9 Å². The normalized spacial score (nSPS) is 10.5. The zero-order valence-corrected chi connectivity index (χ0v) is 10.2. The molecular weight excluding hydrogens is 226 g/mol. The fraction of sp³-hybridized carbons (Fsp3) is 0.500. The Morgan fingerprint density at radius 1 is 1.31 bits per heavy atom. The van der Waals surface area contributed by atoms with Gasteiger partial charge in [0.15, 0.2) is 0 Å². The van der Waals surface area contributed by atoms with Crippen LogP contribution >= 0.6 is 11.6 Å². The van der Waals surface area contributed by atoms with Crippen LogP contribution in [0, 0.1) is 0 Å². The van der Waals surface area contributed by atoms with E-state index in [1.165, 1.54) is 0 Å². The van der Waals surface area contributed by atoms with Crippen molar-refractivity contribution in [1.29, 1.82) is 0 Å². The Bertz CT molecular complexity index is 331. The van der Waals surface area contributed by atoms with Crippen molar-refractivity contribution in [2.24, 2.45) is 0 Å². The van der Waals surface area contributed by atoms with Gasteiger partial charge in [0.1, 0.15) is 0 Å². The molecule has 4 heteroatoms. The molecule has 0 aliphatic heterocycles. The number of rotatable bonds is 6. The molecule has 0 fully saturated rings. The quantitative estimate of drug-likeness (QED) is 0.804. The Balaban J connectivity index is 2.97. The van der Waals surface area contributed by atoms with Crippen LogP contribution in [0.4, 0.5) is 5.69 Å². The molecule has 0 unspecified atom stereocenters. The van der Waals surface area contributed by atoms with Crippen LogP contribution in [-0.4, -0.2) is 29.9 Å². The molecule has 0 saturated carbocycles. The first kappa shape index (κ1) is 13.3. The highest BCUT2D eigenvalue weighted by Gasteiger charge is 2.12. The fourth-order valence-corrected chi connectivity index (χ4v) is 2.04. The maximum Gasteiger partial charge on any atom is 0.0702 e. The molecule has 16 heavy (non-hydrogen) atoms. The van der Waals surface area contributed by atoms with Gasteiger partial charge in [-0.15, -0.1) is 0 Å². The van der Waals surface area contributed by atoms with Gasteiger partial charge in [0.05, 0.1) is 17.3 Å². The number of aliphatic hydroxyl groups is 2. The van der Waals surface area contributed by atoms with E-state index >= 15 is 0 Å². The summed E-state index contributed by atoms with van der Waals surface area (Å²) in [5.74, 6) is 0. The predicted octanol–water partition coefficient (Wildman–Crippen LogP) is 2.04. The molecule has 0 bridgehead atoms. The summed E-state index contributed by atoms with van der Waals surface area (Å²) in [5.41, 5.74) is 1.70. The average Bonchev–Trinajstić information content (AvgIpc) is 2.31. The van der Waals surface area contributed by atoms with Crippen molar-refractivity contribution in [2.75, 3.05) is 24.6 Å². The Hall–Kier alpha value is -0.770. The fourth-order valence-electron chi connectivity index (χ4n) is 1.73. The summed E-state index contributed by atoms with van der Waals surface area (Å²) in [6.07, 6.45) is 0.698. The third-order valence-corrected chi connectivity index (χ3v) is 2.83. The first-order valence-electron chi connectivity index (χ1n) is 5.48. The number of aliphatic hydroxyl groups excluding tert-OH is 2. The Kier molecular flexibility index (Phi) is 5.60. The number of halogens is 1. The SMILES string of the molecule is CCN(CCCO)c1c(Cl)cccc1CO. The van der Waals surface area contributed by atoms with Crippen molar-refractivity contribution in [2.45, 2.75) is 20.0 Å². The molecule has 0 amide bonds. The van der Waals surface area contributed by atoms with Crippen LogP contribution in [0.2, 0.25) is 5.02 Å². The van der Waals surface area contributed by atoms with Gasteiger partial charge in [-0.25, -0.2) is 0 Å². The van der Waals surface area contributed by atoms with Gasteiger partial charge in [0, 0.05) is 25.3 Å². The second kappa shape index (κ2) is 6.74. The highest BCUT2D eigenvalue weighted by atomic mass is 35.5. The van der Waals surface area contributed by atoms with E-state index in [4.69, 9.17) is 16.7 Å². The second-order valence-corrected chi connectivity index (χ2v) is 3.97. The summed E-state index contributed by atoms with van der Waals surface area (Å²) in [5, 5.41) is 18.8. The summed E-state index contributed by atoms with van der Waals surface area (Å²) in [4.78, 5) is 2.07. The lowest BCUT2D eigenvalue weighted by molar-refractivity contribution is 0.281. The molecule has 90 valence electrons. The topological polar surface area (TPSA) is 43.7 Å². The van der Waals surface area contributed by atoms with Gasteiger partial charge in [-0.1, -0.05) is 23.7 Å². The van der Waals surface area contributed by atoms with Crippen molar-refractivity contribution < 1.29 is 10.2 Å². The van der Waals surface area contributed by atoms with Crippen molar-refractivity contribution >= 4 is 17.3 Å². The smallest absolute Gasteiger partial charge is 0.0702 e. The summed E-state index contributed by atoms with van der Waals surface area (Å²) in [6, 6.07) is 5.51. The Labute approximate surface area is 101 Å². The van der Waals surface area contributed by atoms with Crippen LogP contribution in [-0.2, 0) is 6.61 Å². The zero-order chi connectivity index (χ0) is 12.0. The Morgan fingerprint density at radius 3 is 2.62 bits per heavy atom. The van der Waals surface area contributed by atoms with E-state index < -0.39 is 0 Å². The number of para-hydroxylation sites is 1. The van der Waals surface area contributed by atoms with E-state index in [0.29, 0.717) is 11.4 Å². The van der Waals surface area contributed by atoms with Gasteiger partial charge in [0.2, 0.25) is 0 Å².